The molecule has 1 fully saturated rings. The third-order valence-corrected chi connectivity index (χ3v) is 6.00. The van der Waals surface area contributed by atoms with E-state index in [0.717, 1.165) is 6.42 Å². The van der Waals surface area contributed by atoms with E-state index in [2.05, 4.69) is 20.7 Å². The van der Waals surface area contributed by atoms with Crippen LogP contribution in [0.5, 0.6) is 0 Å². The van der Waals surface area contributed by atoms with Crippen LogP contribution in [0.25, 0.3) is 27.9 Å². The van der Waals surface area contributed by atoms with Crippen molar-refractivity contribution in [2.45, 2.75) is 44.9 Å². The molecule has 2 atom stereocenters. The normalized spacial score (nSPS) is 18.3. The van der Waals surface area contributed by atoms with Gasteiger partial charge in [0.05, 0.1) is 30.2 Å². The van der Waals surface area contributed by atoms with Gasteiger partial charge in [0.15, 0.2) is 5.65 Å². The van der Waals surface area contributed by atoms with Crippen molar-refractivity contribution in [3.05, 3.63) is 42.1 Å². The number of pyridine rings is 1. The molecular formula is C22H24FN7O2. The molecule has 4 aromatic heterocycles. The van der Waals surface area contributed by atoms with Crippen molar-refractivity contribution in [3.63, 3.8) is 0 Å². The van der Waals surface area contributed by atoms with Gasteiger partial charge in [-0.2, -0.15) is 9.61 Å². The van der Waals surface area contributed by atoms with Crippen LogP contribution in [0.1, 0.15) is 43.1 Å². The van der Waals surface area contributed by atoms with Crippen molar-refractivity contribution in [1.82, 2.24) is 29.5 Å². The molecule has 5 rings (SSSR count). The molecule has 0 bridgehead atoms. The predicted octanol–water partition coefficient (Wildman–Crippen LogP) is 2.76. The van der Waals surface area contributed by atoms with Gasteiger partial charge in [-0.15, -0.1) is 0 Å². The molecule has 1 aliphatic carbocycles. The first-order chi connectivity index (χ1) is 15.4. The Balaban J connectivity index is 1.67. The number of carbonyl (C=O) groups is 1. The standard InChI is InChI=1S/C22H24FN7O2/c1-11(2)29-10-15(13-6-12(23)8-25-20(13)29)17-7-19(24-3)30-21(27-17)14(9-26-30)22(32)28-16-4-5-18(16)31/h6-11,16,18,24,31H,4-5H2,1-3H3,(H,28,32). The number of halogens is 1. The SMILES string of the molecule is CNc1cc(-c2cn(C(C)C)c3ncc(F)cc23)nc2c(C(=O)NC3CCC3O)cnn12. The Morgan fingerprint density at radius 1 is 1.25 bits per heavy atom. The van der Waals surface area contributed by atoms with E-state index in [9.17, 15) is 14.3 Å². The van der Waals surface area contributed by atoms with Crippen LogP contribution in [-0.2, 0) is 0 Å². The Morgan fingerprint density at radius 2 is 2.06 bits per heavy atom. The molecule has 1 saturated carbocycles. The quantitative estimate of drug-likeness (QED) is 0.443. The first-order valence-electron chi connectivity index (χ1n) is 10.6. The maximum absolute atomic E-state index is 14.1. The zero-order valence-electron chi connectivity index (χ0n) is 18.0. The van der Waals surface area contributed by atoms with Crippen LogP contribution < -0.4 is 10.6 Å². The highest BCUT2D eigenvalue weighted by Crippen LogP contribution is 2.33. The highest BCUT2D eigenvalue weighted by atomic mass is 19.1. The summed E-state index contributed by atoms with van der Waals surface area (Å²) >= 11 is 0. The van der Waals surface area contributed by atoms with E-state index < -0.39 is 11.9 Å². The molecule has 0 aromatic carbocycles. The fourth-order valence-electron chi connectivity index (χ4n) is 4.04. The summed E-state index contributed by atoms with van der Waals surface area (Å²) in [5.74, 6) is -0.144. The summed E-state index contributed by atoms with van der Waals surface area (Å²) in [5, 5.41) is 20.7. The Bertz CT molecular complexity index is 1340. The second kappa shape index (κ2) is 7.56. The minimum absolute atomic E-state index is 0.113. The largest absolute Gasteiger partial charge is 0.391 e. The summed E-state index contributed by atoms with van der Waals surface area (Å²) < 4.78 is 17.6. The number of aromatic nitrogens is 5. The number of nitrogens with one attached hydrogen (secondary N) is 2. The van der Waals surface area contributed by atoms with Gasteiger partial charge in [0.1, 0.15) is 22.8 Å². The van der Waals surface area contributed by atoms with Crippen molar-refractivity contribution in [2.75, 3.05) is 12.4 Å². The van der Waals surface area contributed by atoms with E-state index in [1.54, 1.807) is 11.6 Å². The molecule has 4 heterocycles. The Hall–Kier alpha value is -3.53. The number of carbonyl (C=O) groups excluding carboxylic acids is 1. The first-order valence-corrected chi connectivity index (χ1v) is 10.6. The molecule has 0 radical (unpaired) electrons. The molecule has 10 heteroatoms. The van der Waals surface area contributed by atoms with Gasteiger partial charge in [-0.25, -0.2) is 14.4 Å². The zero-order chi connectivity index (χ0) is 22.6. The molecule has 166 valence electrons. The van der Waals surface area contributed by atoms with E-state index in [4.69, 9.17) is 4.98 Å². The number of aliphatic hydroxyl groups excluding tert-OH is 1. The highest BCUT2D eigenvalue weighted by molar-refractivity contribution is 6.01. The summed E-state index contributed by atoms with van der Waals surface area (Å²) in [7, 11) is 1.75. The van der Waals surface area contributed by atoms with Gasteiger partial charge in [0, 0.05) is 36.3 Å². The monoisotopic (exact) mass is 437 g/mol. The Morgan fingerprint density at radius 3 is 2.72 bits per heavy atom. The van der Waals surface area contributed by atoms with Crippen LogP contribution in [-0.4, -0.2) is 54.4 Å². The minimum Gasteiger partial charge on any atom is -0.391 e. The lowest BCUT2D eigenvalue weighted by molar-refractivity contribution is 0.0448. The number of aliphatic hydroxyl groups is 1. The average Bonchev–Trinajstić information content (AvgIpc) is 3.37. The van der Waals surface area contributed by atoms with Gasteiger partial charge < -0.3 is 20.3 Å². The van der Waals surface area contributed by atoms with E-state index in [-0.39, 0.29) is 18.0 Å². The van der Waals surface area contributed by atoms with Gasteiger partial charge in [0.25, 0.3) is 5.91 Å². The van der Waals surface area contributed by atoms with Crippen LogP contribution in [0.3, 0.4) is 0 Å². The van der Waals surface area contributed by atoms with E-state index >= 15 is 0 Å². The number of hydrogen-bond acceptors (Lipinski definition) is 6. The lowest BCUT2D eigenvalue weighted by Gasteiger charge is -2.32. The molecule has 0 saturated heterocycles. The molecule has 0 aliphatic heterocycles. The maximum Gasteiger partial charge on any atom is 0.257 e. The molecule has 3 N–H and O–H groups in total. The van der Waals surface area contributed by atoms with Gasteiger partial charge in [0.2, 0.25) is 0 Å². The zero-order valence-corrected chi connectivity index (χ0v) is 18.0. The highest BCUT2D eigenvalue weighted by Gasteiger charge is 2.31. The number of amides is 1. The van der Waals surface area contributed by atoms with Crippen LogP contribution in [0, 0.1) is 5.82 Å². The second-order valence-corrected chi connectivity index (χ2v) is 8.36. The number of fused-ring (bicyclic) bond motifs is 2. The average molecular weight is 437 g/mol. The predicted molar refractivity (Wildman–Crippen MR) is 118 cm³/mol. The van der Waals surface area contributed by atoms with Gasteiger partial charge in [-0.3, -0.25) is 4.79 Å². The second-order valence-electron chi connectivity index (χ2n) is 8.36. The van der Waals surface area contributed by atoms with Crippen molar-refractivity contribution in [3.8, 4) is 11.3 Å². The molecule has 1 amide bonds. The first kappa shape index (κ1) is 20.4. The molecule has 4 aromatic rings. The van der Waals surface area contributed by atoms with Crippen molar-refractivity contribution >= 4 is 28.4 Å². The topological polar surface area (TPSA) is 109 Å². The maximum atomic E-state index is 14.1. The molecule has 9 nitrogen and oxygen atoms in total. The Kier molecular flexibility index (Phi) is 4.81. The van der Waals surface area contributed by atoms with Crippen LogP contribution >= 0.6 is 0 Å². The number of hydrogen-bond donors (Lipinski definition) is 3. The molecular weight excluding hydrogens is 413 g/mol. The number of nitrogens with zero attached hydrogens (tertiary/aromatic N) is 5. The third-order valence-electron chi connectivity index (χ3n) is 6.00. The van der Waals surface area contributed by atoms with E-state index in [1.807, 2.05) is 30.7 Å². The lowest BCUT2D eigenvalue weighted by atomic mass is 9.89. The van der Waals surface area contributed by atoms with E-state index in [1.165, 1.54) is 18.5 Å². The summed E-state index contributed by atoms with van der Waals surface area (Å²) in [6.45, 7) is 4.05. The minimum atomic E-state index is -0.526. The molecule has 0 spiro atoms. The lowest BCUT2D eigenvalue weighted by Crippen LogP contribution is -2.50. The molecule has 2 unspecified atom stereocenters. The number of anilines is 1. The summed E-state index contributed by atoms with van der Waals surface area (Å²) in [5.41, 5.74) is 2.61. The smallest absolute Gasteiger partial charge is 0.257 e. The van der Waals surface area contributed by atoms with Crippen LogP contribution in [0.2, 0.25) is 0 Å². The van der Waals surface area contributed by atoms with Crippen molar-refractivity contribution in [1.29, 1.82) is 0 Å². The van der Waals surface area contributed by atoms with E-state index in [0.29, 0.717) is 45.7 Å². The van der Waals surface area contributed by atoms with Gasteiger partial charge >= 0.3 is 0 Å². The summed E-state index contributed by atoms with van der Waals surface area (Å²) in [4.78, 5) is 21.9. The number of rotatable bonds is 5. The fourth-order valence-corrected chi connectivity index (χ4v) is 4.04. The molecule has 1 aliphatic rings. The van der Waals surface area contributed by atoms with Crippen molar-refractivity contribution < 1.29 is 14.3 Å². The van der Waals surface area contributed by atoms with Crippen molar-refractivity contribution in [2.24, 2.45) is 0 Å². The Labute approximate surface area is 183 Å². The third kappa shape index (κ3) is 3.18. The van der Waals surface area contributed by atoms with Crippen LogP contribution in [0.15, 0.2) is 30.7 Å². The van der Waals surface area contributed by atoms with Crippen LogP contribution in [0.4, 0.5) is 10.2 Å². The van der Waals surface area contributed by atoms with Gasteiger partial charge in [-0.1, -0.05) is 0 Å². The summed E-state index contributed by atoms with van der Waals surface area (Å²) in [6.07, 6.45) is 5.46. The summed E-state index contributed by atoms with van der Waals surface area (Å²) in [6, 6.07) is 3.11. The molecule has 32 heavy (non-hydrogen) atoms. The van der Waals surface area contributed by atoms with Gasteiger partial charge in [-0.05, 0) is 32.8 Å². The fraction of sp³-hybridized carbons (Fsp3) is 0.364.